The highest BCUT2D eigenvalue weighted by molar-refractivity contribution is 6.69. The zero-order valence-electron chi connectivity index (χ0n) is 22.7. The van der Waals surface area contributed by atoms with Gasteiger partial charge >= 0.3 is 0 Å². The first-order valence-electron chi connectivity index (χ1n) is 12.3. The van der Waals surface area contributed by atoms with Gasteiger partial charge in [-0.15, -0.1) is 0 Å². The number of nitrogens with one attached hydrogen (secondary N) is 3. The van der Waals surface area contributed by atoms with Gasteiger partial charge in [-0.1, -0.05) is 0 Å². The number of hydrazone groups is 1. The summed E-state index contributed by atoms with van der Waals surface area (Å²) < 4.78 is 44.8. The summed E-state index contributed by atoms with van der Waals surface area (Å²) in [6, 6.07) is 13.3. The van der Waals surface area contributed by atoms with Crippen molar-refractivity contribution in [1.82, 2.24) is 10.4 Å². The van der Waals surface area contributed by atoms with Crippen LogP contribution < -0.4 is 30.3 Å². The first kappa shape index (κ1) is 29.4. The number of ether oxygens (including phenoxy) is 3. The highest BCUT2D eigenvalue weighted by Crippen LogP contribution is 2.37. The molecular weight excluding hydrogens is 552 g/mol. The van der Waals surface area contributed by atoms with Crippen molar-refractivity contribution in [2.24, 2.45) is 5.10 Å². The number of carbonyl (C=O) groups excluding carboxylic acids is 3. The Balaban J connectivity index is 1.54. The number of pyridine rings is 1. The van der Waals surface area contributed by atoms with E-state index in [2.05, 4.69) is 26.1 Å². The van der Waals surface area contributed by atoms with E-state index in [0.29, 0.717) is 28.2 Å². The Morgan fingerprint density at radius 2 is 1.45 bits per heavy atom. The SMILES string of the molecule is COc1cc2nccc(Oc3ccc(NC(=O)/C(=N/NCC(C)=O)C(=O)Nc4ccc(F)cc4)cc3F)c2cc1OC. The number of nitrogens with zero attached hydrogens (tertiary/aromatic N) is 2. The topological polar surface area (TPSA) is 140 Å². The minimum Gasteiger partial charge on any atom is -0.493 e. The van der Waals surface area contributed by atoms with Crippen molar-refractivity contribution >= 4 is 45.6 Å². The van der Waals surface area contributed by atoms with Crippen LogP contribution in [0, 0.1) is 11.6 Å². The minimum absolute atomic E-state index is 0.00954. The molecule has 3 aromatic carbocycles. The van der Waals surface area contributed by atoms with E-state index in [0.717, 1.165) is 18.2 Å². The maximum absolute atomic E-state index is 15.1. The third-order valence-electron chi connectivity index (χ3n) is 5.67. The molecule has 1 heterocycles. The Bertz CT molecular complexity index is 1680. The van der Waals surface area contributed by atoms with Crippen molar-refractivity contribution in [2.45, 2.75) is 6.92 Å². The number of aromatic nitrogens is 1. The second kappa shape index (κ2) is 13.2. The molecule has 0 radical (unpaired) electrons. The molecule has 0 bridgehead atoms. The largest absolute Gasteiger partial charge is 0.493 e. The van der Waals surface area contributed by atoms with Crippen LogP contribution in [0.3, 0.4) is 0 Å². The molecule has 3 N–H and O–H groups in total. The van der Waals surface area contributed by atoms with Gasteiger partial charge in [0.15, 0.2) is 28.8 Å². The van der Waals surface area contributed by atoms with Gasteiger partial charge in [0.25, 0.3) is 11.8 Å². The molecule has 42 heavy (non-hydrogen) atoms. The summed E-state index contributed by atoms with van der Waals surface area (Å²) in [4.78, 5) is 41.3. The van der Waals surface area contributed by atoms with Crippen LogP contribution in [0.2, 0.25) is 0 Å². The van der Waals surface area contributed by atoms with Gasteiger partial charge in [-0.2, -0.15) is 5.10 Å². The third kappa shape index (κ3) is 7.13. The van der Waals surface area contributed by atoms with Crippen LogP contribution in [0.5, 0.6) is 23.0 Å². The molecule has 0 fully saturated rings. The fourth-order valence-electron chi connectivity index (χ4n) is 3.66. The Labute approximate surface area is 238 Å². The van der Waals surface area contributed by atoms with Crippen molar-refractivity contribution in [1.29, 1.82) is 0 Å². The molecule has 11 nitrogen and oxygen atoms in total. The number of amides is 2. The van der Waals surface area contributed by atoms with Crippen LogP contribution >= 0.6 is 0 Å². The summed E-state index contributed by atoms with van der Waals surface area (Å²) in [6.45, 7) is 1.04. The molecule has 4 aromatic rings. The molecule has 4 rings (SSSR count). The number of Topliss-reactive ketones (excluding diaryl/α,β-unsaturated/α-hetero) is 1. The van der Waals surface area contributed by atoms with Crippen LogP contribution in [-0.2, 0) is 14.4 Å². The number of hydrogen-bond acceptors (Lipinski definition) is 9. The van der Waals surface area contributed by atoms with Gasteiger partial charge in [-0.3, -0.25) is 19.4 Å². The third-order valence-corrected chi connectivity index (χ3v) is 5.67. The number of benzene rings is 3. The van der Waals surface area contributed by atoms with Crippen LogP contribution in [-0.4, -0.2) is 49.1 Å². The average molecular weight is 578 g/mol. The predicted octanol–water partition coefficient (Wildman–Crippen LogP) is 4.43. The number of rotatable bonds is 11. The predicted molar refractivity (Wildman–Crippen MR) is 151 cm³/mol. The van der Waals surface area contributed by atoms with E-state index < -0.39 is 29.2 Å². The van der Waals surface area contributed by atoms with Gasteiger partial charge in [0.05, 0.1) is 26.3 Å². The van der Waals surface area contributed by atoms with Crippen molar-refractivity contribution < 1.29 is 37.4 Å². The van der Waals surface area contributed by atoms with Crippen LogP contribution in [0.15, 0.2) is 72.0 Å². The number of carbonyl (C=O) groups is 3. The number of methoxy groups -OCH3 is 2. The van der Waals surface area contributed by atoms with E-state index in [1.807, 2.05) is 0 Å². The molecule has 216 valence electrons. The molecule has 0 aliphatic carbocycles. The minimum atomic E-state index is -1.00. The molecule has 0 saturated heterocycles. The highest BCUT2D eigenvalue weighted by Gasteiger charge is 2.22. The van der Waals surface area contributed by atoms with Gasteiger partial charge < -0.3 is 30.3 Å². The lowest BCUT2D eigenvalue weighted by atomic mass is 10.1. The summed E-state index contributed by atoms with van der Waals surface area (Å²) >= 11 is 0. The second-order valence-corrected chi connectivity index (χ2v) is 8.69. The molecule has 2 amide bonds. The van der Waals surface area contributed by atoms with Crippen molar-refractivity contribution in [2.75, 3.05) is 31.4 Å². The zero-order valence-corrected chi connectivity index (χ0v) is 22.7. The first-order valence-corrected chi connectivity index (χ1v) is 12.3. The lowest BCUT2D eigenvalue weighted by molar-refractivity contribution is -0.117. The summed E-state index contributed by atoms with van der Waals surface area (Å²) in [5.74, 6) is -2.55. The standard InChI is InChI=1S/C29H25F2N5O6/c1-16(37)15-33-36-27(28(38)34-18-6-4-17(30)5-7-18)29(39)35-19-8-9-24(21(31)12-19)42-23-10-11-32-22-14-26(41-3)25(40-2)13-20(22)23/h4-14,33H,15H2,1-3H3,(H,34,38)(H,35,39)/b36-27+. The van der Waals surface area contributed by atoms with Gasteiger partial charge in [0.1, 0.15) is 11.6 Å². The Morgan fingerprint density at radius 1 is 0.810 bits per heavy atom. The Morgan fingerprint density at radius 3 is 2.10 bits per heavy atom. The van der Waals surface area contributed by atoms with Gasteiger partial charge in [0, 0.05) is 35.1 Å². The quantitative estimate of drug-likeness (QED) is 0.135. The van der Waals surface area contributed by atoms with Crippen LogP contribution in [0.25, 0.3) is 10.9 Å². The van der Waals surface area contributed by atoms with Crippen molar-refractivity contribution in [3.8, 4) is 23.0 Å². The van der Waals surface area contributed by atoms with Crippen molar-refractivity contribution in [3.63, 3.8) is 0 Å². The summed E-state index contributed by atoms with van der Waals surface area (Å²) in [5, 5.41) is 9.08. The number of hydrogen-bond donors (Lipinski definition) is 3. The molecule has 1 aromatic heterocycles. The molecule has 0 aliphatic rings. The lowest BCUT2D eigenvalue weighted by Crippen LogP contribution is -2.36. The number of anilines is 2. The zero-order chi connectivity index (χ0) is 30.2. The summed E-state index contributed by atoms with van der Waals surface area (Å²) in [5.41, 5.74) is 2.40. The second-order valence-electron chi connectivity index (χ2n) is 8.69. The van der Waals surface area contributed by atoms with Gasteiger partial charge in [0.2, 0.25) is 5.71 Å². The number of ketones is 1. The molecule has 0 spiro atoms. The maximum Gasteiger partial charge on any atom is 0.281 e. The molecule has 0 aliphatic heterocycles. The van der Waals surface area contributed by atoms with Crippen LogP contribution in [0.4, 0.5) is 20.2 Å². The van der Waals surface area contributed by atoms with E-state index in [1.165, 1.54) is 51.6 Å². The van der Waals surface area contributed by atoms with E-state index >= 15 is 4.39 Å². The molecule has 0 atom stereocenters. The first-order chi connectivity index (χ1) is 20.2. The fraction of sp³-hybridized carbons (Fsp3) is 0.138. The summed E-state index contributed by atoms with van der Waals surface area (Å²) in [6.07, 6.45) is 1.49. The monoisotopic (exact) mass is 577 g/mol. The maximum atomic E-state index is 15.1. The molecule has 13 heteroatoms. The fourth-order valence-corrected chi connectivity index (χ4v) is 3.66. The van der Waals surface area contributed by atoms with Crippen molar-refractivity contribution in [3.05, 3.63) is 78.5 Å². The molecule has 0 saturated carbocycles. The Kier molecular flexibility index (Phi) is 9.22. The normalized spacial score (nSPS) is 11.0. The molecule has 0 unspecified atom stereocenters. The highest BCUT2D eigenvalue weighted by atomic mass is 19.1. The average Bonchev–Trinajstić information content (AvgIpc) is 2.97. The van der Waals surface area contributed by atoms with E-state index in [-0.39, 0.29) is 29.5 Å². The molecular formula is C29H25F2N5O6. The number of halogens is 2. The van der Waals surface area contributed by atoms with Crippen LogP contribution in [0.1, 0.15) is 6.92 Å². The van der Waals surface area contributed by atoms with E-state index in [1.54, 1.807) is 18.2 Å². The summed E-state index contributed by atoms with van der Waals surface area (Å²) in [7, 11) is 2.98. The number of fused-ring (bicyclic) bond motifs is 1. The smallest absolute Gasteiger partial charge is 0.281 e. The Hall–Kier alpha value is -5.59. The van der Waals surface area contributed by atoms with E-state index in [9.17, 15) is 18.8 Å². The lowest BCUT2D eigenvalue weighted by Gasteiger charge is -2.13. The van der Waals surface area contributed by atoms with Gasteiger partial charge in [-0.25, -0.2) is 8.78 Å². The van der Waals surface area contributed by atoms with E-state index in [4.69, 9.17) is 14.2 Å². The van der Waals surface area contributed by atoms with Gasteiger partial charge in [-0.05, 0) is 55.5 Å².